The number of anilines is 5. The first-order chi connectivity index (χ1) is 22.9. The number of ether oxygens (including phenoxy) is 4. The zero-order chi connectivity index (χ0) is 32.8. The van der Waals surface area contributed by atoms with Crippen LogP contribution in [0, 0.1) is 0 Å². The minimum absolute atomic E-state index is 0.304. The minimum Gasteiger partial charge on any atom is -0.497 e. The molecular weight excluding hydrogens is 584 g/mol. The van der Waals surface area contributed by atoms with E-state index in [0.29, 0.717) is 0 Å². The maximum absolute atomic E-state index is 5.73. The minimum atomic E-state index is -0.304. The van der Waals surface area contributed by atoms with Crippen LogP contribution in [0.2, 0.25) is 0 Å². The molecule has 0 fully saturated rings. The lowest BCUT2D eigenvalue weighted by molar-refractivity contribution is 0.0502. The van der Waals surface area contributed by atoms with Crippen LogP contribution in [0.1, 0.15) is 13.3 Å². The molecule has 1 aliphatic carbocycles. The Balaban J connectivity index is 1.30. The average Bonchev–Trinajstić information content (AvgIpc) is 3.14. The summed E-state index contributed by atoms with van der Waals surface area (Å²) in [6.45, 7) is 2.10. The molecule has 0 saturated heterocycles. The van der Waals surface area contributed by atoms with Gasteiger partial charge in [-0.1, -0.05) is 36.4 Å². The molecule has 1 atom stereocenters. The summed E-state index contributed by atoms with van der Waals surface area (Å²) < 4.78 is 22.0. The lowest BCUT2D eigenvalue weighted by Crippen LogP contribution is -2.27. The maximum atomic E-state index is 5.73. The highest BCUT2D eigenvalue weighted by Crippen LogP contribution is 2.39. The zero-order valence-corrected chi connectivity index (χ0v) is 27.5. The summed E-state index contributed by atoms with van der Waals surface area (Å²) in [6.07, 6.45) is 7.30. The number of hydrogen-bond acceptors (Lipinski definition) is 6. The topological polar surface area (TPSA) is 43.4 Å². The third kappa shape index (κ3) is 6.88. The molecular formula is C41H40N2O4. The predicted octanol–water partition coefficient (Wildman–Crippen LogP) is 10.2. The molecule has 0 spiro atoms. The number of allylic oxidation sites excluding steroid dienone is 1. The Morgan fingerprint density at radius 2 is 0.809 bits per heavy atom. The van der Waals surface area contributed by atoms with Crippen LogP contribution in [0.5, 0.6) is 17.2 Å². The number of nitrogens with zero attached hydrogens (tertiary/aromatic N) is 2. The number of methoxy groups -OCH3 is 4. The molecule has 6 nitrogen and oxygen atoms in total. The molecule has 0 radical (unpaired) electrons. The van der Waals surface area contributed by atoms with Gasteiger partial charge in [0.2, 0.25) is 0 Å². The average molecular weight is 625 g/mol. The standard InChI is InChI=1S/C41H40N2O4/c1-41(47-5)28-26-37(27-29-41)43(36-18-24-40(46-4)25-19-36)33-12-8-31(9-13-33)30-6-10-32(11-7-30)42(34-14-20-38(44-2)21-15-34)35-16-22-39(45-3)23-17-35/h6-28H,29H2,1-5H3. The van der Waals surface area contributed by atoms with Crippen molar-refractivity contribution in [2.24, 2.45) is 0 Å². The summed E-state index contributed by atoms with van der Waals surface area (Å²) in [6, 6.07) is 41.7. The molecule has 47 heavy (non-hydrogen) atoms. The van der Waals surface area contributed by atoms with E-state index in [1.54, 1.807) is 28.4 Å². The number of hydrogen-bond donors (Lipinski definition) is 0. The second-order valence-electron chi connectivity index (χ2n) is 11.5. The molecule has 0 saturated carbocycles. The van der Waals surface area contributed by atoms with Gasteiger partial charge in [-0.25, -0.2) is 0 Å². The molecule has 1 unspecified atom stereocenters. The van der Waals surface area contributed by atoms with Crippen molar-refractivity contribution in [1.82, 2.24) is 0 Å². The van der Waals surface area contributed by atoms with E-state index in [2.05, 4.69) is 120 Å². The lowest BCUT2D eigenvalue weighted by atomic mass is 9.95. The quantitative estimate of drug-likeness (QED) is 0.146. The van der Waals surface area contributed by atoms with E-state index in [0.717, 1.165) is 68.9 Å². The van der Waals surface area contributed by atoms with Gasteiger partial charge in [0.1, 0.15) is 17.2 Å². The van der Waals surface area contributed by atoms with Crippen molar-refractivity contribution in [2.75, 3.05) is 38.2 Å². The molecule has 6 heteroatoms. The van der Waals surface area contributed by atoms with E-state index in [1.807, 2.05) is 36.4 Å². The Morgan fingerprint density at radius 3 is 1.11 bits per heavy atom. The van der Waals surface area contributed by atoms with Crippen molar-refractivity contribution < 1.29 is 18.9 Å². The Hall–Kier alpha value is -5.46. The van der Waals surface area contributed by atoms with Crippen molar-refractivity contribution in [2.45, 2.75) is 18.9 Å². The molecule has 0 amide bonds. The van der Waals surface area contributed by atoms with Gasteiger partial charge in [0.25, 0.3) is 0 Å². The zero-order valence-electron chi connectivity index (χ0n) is 27.5. The molecule has 5 aromatic carbocycles. The van der Waals surface area contributed by atoms with Crippen LogP contribution in [-0.4, -0.2) is 34.0 Å². The fourth-order valence-corrected chi connectivity index (χ4v) is 5.72. The molecule has 0 bridgehead atoms. The number of rotatable bonds is 11. The molecule has 0 heterocycles. The van der Waals surface area contributed by atoms with Crippen molar-refractivity contribution in [3.05, 3.63) is 145 Å². The third-order valence-corrected chi connectivity index (χ3v) is 8.62. The van der Waals surface area contributed by atoms with Crippen molar-refractivity contribution >= 4 is 28.4 Å². The van der Waals surface area contributed by atoms with Gasteiger partial charge in [0.15, 0.2) is 0 Å². The summed E-state index contributed by atoms with van der Waals surface area (Å²) >= 11 is 0. The van der Waals surface area contributed by atoms with Gasteiger partial charge in [0, 0.05) is 47.7 Å². The van der Waals surface area contributed by atoms with Crippen LogP contribution in [0.3, 0.4) is 0 Å². The summed E-state index contributed by atoms with van der Waals surface area (Å²) in [5, 5.41) is 0. The van der Waals surface area contributed by atoms with E-state index in [1.165, 1.54) is 0 Å². The fraction of sp³-hybridized carbons (Fsp3) is 0.171. The fourth-order valence-electron chi connectivity index (χ4n) is 5.72. The van der Waals surface area contributed by atoms with Gasteiger partial charge < -0.3 is 28.7 Å². The molecule has 0 aromatic heterocycles. The first kappa shape index (κ1) is 31.5. The highest BCUT2D eigenvalue weighted by molar-refractivity contribution is 5.79. The first-order valence-corrected chi connectivity index (χ1v) is 15.6. The van der Waals surface area contributed by atoms with Crippen LogP contribution in [0.4, 0.5) is 28.4 Å². The van der Waals surface area contributed by atoms with Crippen LogP contribution < -0.4 is 24.0 Å². The molecule has 0 N–H and O–H groups in total. The summed E-state index contributed by atoms with van der Waals surface area (Å²) in [7, 11) is 6.80. The van der Waals surface area contributed by atoms with Gasteiger partial charge in [-0.2, -0.15) is 0 Å². The lowest BCUT2D eigenvalue weighted by Gasteiger charge is -2.32. The van der Waals surface area contributed by atoms with Crippen LogP contribution in [0.25, 0.3) is 11.1 Å². The summed E-state index contributed by atoms with van der Waals surface area (Å²) in [4.78, 5) is 4.48. The van der Waals surface area contributed by atoms with Gasteiger partial charge in [-0.3, -0.25) is 0 Å². The van der Waals surface area contributed by atoms with Gasteiger partial charge in [-0.05, 0) is 121 Å². The first-order valence-electron chi connectivity index (χ1n) is 15.6. The highest BCUT2D eigenvalue weighted by Gasteiger charge is 2.24. The maximum Gasteiger partial charge on any atom is 0.119 e. The Morgan fingerprint density at radius 1 is 0.468 bits per heavy atom. The summed E-state index contributed by atoms with van der Waals surface area (Å²) in [5.41, 5.74) is 8.29. The van der Waals surface area contributed by atoms with E-state index in [4.69, 9.17) is 18.9 Å². The van der Waals surface area contributed by atoms with E-state index in [-0.39, 0.29) is 5.60 Å². The summed E-state index contributed by atoms with van der Waals surface area (Å²) in [5.74, 6) is 2.46. The molecule has 1 aliphatic rings. The third-order valence-electron chi connectivity index (χ3n) is 8.62. The second kappa shape index (κ2) is 13.9. The van der Waals surface area contributed by atoms with Crippen molar-refractivity contribution in [3.8, 4) is 28.4 Å². The predicted molar refractivity (Wildman–Crippen MR) is 192 cm³/mol. The van der Waals surface area contributed by atoms with Crippen molar-refractivity contribution in [1.29, 1.82) is 0 Å². The van der Waals surface area contributed by atoms with Crippen LogP contribution in [-0.2, 0) is 4.74 Å². The van der Waals surface area contributed by atoms with E-state index < -0.39 is 0 Å². The Kier molecular flexibility index (Phi) is 9.32. The van der Waals surface area contributed by atoms with E-state index >= 15 is 0 Å². The largest absolute Gasteiger partial charge is 0.497 e. The Labute approximate surface area is 277 Å². The van der Waals surface area contributed by atoms with Crippen LogP contribution in [0.15, 0.2) is 145 Å². The Bertz CT molecular complexity index is 1780. The smallest absolute Gasteiger partial charge is 0.119 e. The molecule has 6 rings (SSSR count). The second-order valence-corrected chi connectivity index (χ2v) is 11.5. The monoisotopic (exact) mass is 624 g/mol. The van der Waals surface area contributed by atoms with E-state index in [9.17, 15) is 0 Å². The highest BCUT2D eigenvalue weighted by atomic mass is 16.5. The van der Waals surface area contributed by atoms with Gasteiger partial charge >= 0.3 is 0 Å². The van der Waals surface area contributed by atoms with Crippen molar-refractivity contribution in [3.63, 3.8) is 0 Å². The molecule has 0 aliphatic heterocycles. The van der Waals surface area contributed by atoms with Gasteiger partial charge in [-0.15, -0.1) is 0 Å². The van der Waals surface area contributed by atoms with Crippen LogP contribution >= 0.6 is 0 Å². The SMILES string of the molecule is COc1ccc(N(C2=CCC(C)(OC)C=C2)c2ccc(-c3ccc(N(c4ccc(OC)cc4)c4ccc(OC)cc4)cc3)cc2)cc1. The van der Waals surface area contributed by atoms with Gasteiger partial charge in [0.05, 0.1) is 26.9 Å². The normalized spacial score (nSPS) is 15.5. The number of benzene rings is 5. The molecule has 238 valence electrons. The molecule has 5 aromatic rings.